The monoisotopic (exact) mass is 233 g/mol. The molecule has 2 rings (SSSR count). The molecule has 0 bridgehead atoms. The fourth-order valence-electron chi connectivity index (χ4n) is 1.92. The summed E-state index contributed by atoms with van der Waals surface area (Å²) in [5.74, 6) is -0.372. The molecule has 0 atom stereocenters. The van der Waals surface area contributed by atoms with Crippen LogP contribution in [0.1, 0.15) is 28.7 Å². The average Bonchev–Trinajstić information content (AvgIpc) is 2.26. The molecule has 0 spiro atoms. The van der Waals surface area contributed by atoms with Gasteiger partial charge in [0.15, 0.2) is 5.52 Å². The number of carbonyl (C=O) groups excluding carboxylic acids is 1. The van der Waals surface area contributed by atoms with Crippen molar-refractivity contribution in [2.75, 3.05) is 0 Å². The molecule has 88 valence electrons. The van der Waals surface area contributed by atoms with Gasteiger partial charge in [-0.3, -0.25) is 4.79 Å². The van der Waals surface area contributed by atoms with Crippen LogP contribution < -0.4 is 4.43 Å². The lowest BCUT2D eigenvalue weighted by Gasteiger charge is -2.04. The van der Waals surface area contributed by atoms with Crippen LogP contribution in [0.15, 0.2) is 18.2 Å². The topological polar surface area (TPSA) is 65.2 Å². The second kappa shape index (κ2) is 3.69. The van der Waals surface area contributed by atoms with E-state index in [0.717, 1.165) is 10.3 Å². The summed E-state index contributed by atoms with van der Waals surface area (Å²) in [7, 11) is 0. The minimum absolute atomic E-state index is 0.0365. The van der Waals surface area contributed by atoms with E-state index in [9.17, 15) is 14.9 Å². The van der Waals surface area contributed by atoms with Crippen LogP contribution in [0, 0.1) is 18.8 Å². The number of rotatable bonds is 1. The van der Waals surface area contributed by atoms with Crippen molar-refractivity contribution in [3.63, 3.8) is 0 Å². The van der Waals surface area contributed by atoms with E-state index < -0.39 is 0 Å². The molecule has 2 aromatic rings. The molecule has 0 aliphatic heterocycles. The summed E-state index contributed by atoms with van der Waals surface area (Å²) in [5, 5.41) is 9.92. The van der Waals surface area contributed by atoms with Gasteiger partial charge in [-0.2, -0.15) is 4.73 Å². The summed E-state index contributed by atoms with van der Waals surface area (Å²) in [6.45, 7) is 4.68. The number of benzene rings is 1. The van der Waals surface area contributed by atoms with Gasteiger partial charge in [-0.1, -0.05) is 6.07 Å². The molecule has 1 aromatic heterocycles. The highest BCUT2D eigenvalue weighted by Gasteiger charge is 2.25. The summed E-state index contributed by atoms with van der Waals surface area (Å²) >= 11 is 0. The van der Waals surface area contributed by atoms with Crippen molar-refractivity contribution in [1.29, 1.82) is 0 Å². The maximum atomic E-state index is 12.1. The predicted octanol–water partition coefficient (Wildman–Crippen LogP) is 1.61. The maximum Gasteiger partial charge on any atom is 0.328 e. The lowest BCUT2D eigenvalue weighted by atomic mass is 10.2. The van der Waals surface area contributed by atoms with Crippen LogP contribution in [0.5, 0.6) is 0 Å². The van der Waals surface area contributed by atoms with Crippen molar-refractivity contribution in [3.05, 3.63) is 40.1 Å². The number of fused-ring (bicyclic) bond motifs is 1. The molecule has 0 amide bonds. The normalized spacial score (nSPS) is 10.8. The molecule has 1 heterocycles. The third kappa shape index (κ3) is 1.60. The number of hydrogen-bond acceptors (Lipinski definition) is 3. The second-order valence-electron chi connectivity index (χ2n) is 4.09. The van der Waals surface area contributed by atoms with E-state index in [1.54, 1.807) is 18.2 Å². The van der Waals surface area contributed by atoms with Gasteiger partial charge in [-0.05, 0) is 25.5 Å². The lowest BCUT2D eigenvalue weighted by molar-refractivity contribution is -0.468. The van der Waals surface area contributed by atoms with Crippen LogP contribution in [0.25, 0.3) is 11.0 Å². The summed E-state index contributed by atoms with van der Waals surface area (Å²) in [4.78, 5) is 23.5. The Morgan fingerprint density at radius 1 is 1.35 bits per heavy atom. The van der Waals surface area contributed by atoms with Crippen LogP contribution in [0.4, 0.5) is 0 Å². The van der Waals surface area contributed by atoms with E-state index in [4.69, 9.17) is 0 Å². The third-order valence-electron chi connectivity index (χ3n) is 2.77. The summed E-state index contributed by atoms with van der Waals surface area (Å²) in [6.07, 6.45) is 0. The first-order valence-corrected chi connectivity index (χ1v) is 5.22. The van der Waals surface area contributed by atoms with Gasteiger partial charge < -0.3 is 5.21 Å². The van der Waals surface area contributed by atoms with E-state index in [-0.39, 0.29) is 22.7 Å². The summed E-state index contributed by atoms with van der Waals surface area (Å²) in [6, 6.07) is 5.08. The zero-order chi connectivity index (χ0) is 12.7. The van der Waals surface area contributed by atoms with Crippen LogP contribution in [-0.4, -0.2) is 15.7 Å². The number of aryl methyl sites for hydroxylation is 1. The van der Waals surface area contributed by atoms with E-state index >= 15 is 0 Å². The average molecular weight is 233 g/mol. The molecule has 1 aromatic carbocycles. The van der Waals surface area contributed by atoms with Gasteiger partial charge in [0.05, 0.1) is 4.43 Å². The SMILES string of the molecule is CC(=O)c1c(C)n(O)c2ccc(C)cc2[n+]1=O. The smallest absolute Gasteiger partial charge is 0.328 e. The Morgan fingerprint density at radius 2 is 2.00 bits per heavy atom. The van der Waals surface area contributed by atoms with Crippen LogP contribution in [0.3, 0.4) is 0 Å². The fourth-order valence-corrected chi connectivity index (χ4v) is 1.92. The van der Waals surface area contributed by atoms with E-state index in [0.29, 0.717) is 9.94 Å². The van der Waals surface area contributed by atoms with Crippen LogP contribution in [-0.2, 0) is 0 Å². The minimum Gasteiger partial charge on any atom is -0.428 e. The Labute approximate surface area is 97.5 Å². The van der Waals surface area contributed by atoms with Crippen LogP contribution >= 0.6 is 0 Å². The molecular weight excluding hydrogens is 220 g/mol. The first-order chi connectivity index (χ1) is 7.93. The van der Waals surface area contributed by atoms with Gasteiger partial charge in [-0.15, -0.1) is 0 Å². The number of carbonyl (C=O) groups is 1. The summed E-state index contributed by atoms with van der Waals surface area (Å²) in [5.41, 5.74) is 1.76. The highest BCUT2D eigenvalue weighted by molar-refractivity contribution is 5.92. The Hall–Kier alpha value is -2.17. The van der Waals surface area contributed by atoms with Crippen LogP contribution in [0.2, 0.25) is 0 Å². The Bertz CT molecular complexity index is 686. The zero-order valence-corrected chi connectivity index (χ0v) is 9.89. The molecule has 0 saturated carbocycles. The van der Waals surface area contributed by atoms with Crippen molar-refractivity contribution < 1.29 is 14.4 Å². The van der Waals surface area contributed by atoms with E-state index in [1.807, 2.05) is 6.92 Å². The zero-order valence-electron chi connectivity index (χ0n) is 9.89. The lowest BCUT2D eigenvalue weighted by Crippen LogP contribution is -2.29. The van der Waals surface area contributed by atoms with Gasteiger partial charge in [0.2, 0.25) is 5.78 Å². The number of ketones is 1. The first-order valence-electron chi connectivity index (χ1n) is 5.22. The van der Waals surface area contributed by atoms with Crippen molar-refractivity contribution in [2.24, 2.45) is 0 Å². The highest BCUT2D eigenvalue weighted by atomic mass is 16.5. The largest absolute Gasteiger partial charge is 0.428 e. The molecule has 0 unspecified atom stereocenters. The molecule has 17 heavy (non-hydrogen) atoms. The number of aromatic nitrogens is 2. The van der Waals surface area contributed by atoms with Gasteiger partial charge >= 0.3 is 5.69 Å². The number of nitrogens with zero attached hydrogens (tertiary/aromatic N) is 2. The van der Waals surface area contributed by atoms with E-state index in [1.165, 1.54) is 13.8 Å². The quantitative estimate of drug-likeness (QED) is 0.462. The molecule has 0 radical (unpaired) electrons. The number of Topliss-reactive ketones (excluding diaryl/α,β-unsaturated/α-hetero) is 1. The van der Waals surface area contributed by atoms with Crippen molar-refractivity contribution in [3.8, 4) is 0 Å². The Morgan fingerprint density at radius 3 is 2.59 bits per heavy atom. The summed E-state index contributed by atoms with van der Waals surface area (Å²) < 4.78 is 1.45. The van der Waals surface area contributed by atoms with Crippen molar-refractivity contribution in [2.45, 2.75) is 20.8 Å². The Balaban J connectivity index is 3.06. The molecule has 1 N–H and O–H groups in total. The molecule has 0 aliphatic carbocycles. The molecule has 5 heteroatoms. The van der Waals surface area contributed by atoms with Crippen molar-refractivity contribution in [1.82, 2.24) is 4.73 Å². The minimum atomic E-state index is -0.372. The molecular formula is C12H13N2O3+. The Kier molecular flexibility index (Phi) is 2.46. The van der Waals surface area contributed by atoms with Gasteiger partial charge in [0, 0.05) is 17.9 Å². The predicted molar refractivity (Wildman–Crippen MR) is 62.0 cm³/mol. The maximum absolute atomic E-state index is 12.1. The second-order valence-corrected chi connectivity index (χ2v) is 4.09. The van der Waals surface area contributed by atoms with Gasteiger partial charge in [0.1, 0.15) is 5.69 Å². The third-order valence-corrected chi connectivity index (χ3v) is 2.77. The molecule has 0 saturated heterocycles. The number of hydrogen-bond donors (Lipinski definition) is 1. The van der Waals surface area contributed by atoms with E-state index in [2.05, 4.69) is 0 Å². The van der Waals surface area contributed by atoms with Gasteiger partial charge in [-0.25, -0.2) is 0 Å². The fraction of sp³-hybridized carbons (Fsp3) is 0.250. The standard InChI is InChI=1S/C12H13N2O3/c1-7-4-5-10-11(6-7)14(17)12(9(3)15)8(2)13(10)16/h4-6,16H,1-3H3/q+1. The van der Waals surface area contributed by atoms with Crippen molar-refractivity contribution >= 4 is 16.8 Å². The molecule has 0 fully saturated rings. The highest BCUT2D eigenvalue weighted by Crippen LogP contribution is 2.14. The van der Waals surface area contributed by atoms with Gasteiger partial charge in [0.25, 0.3) is 5.52 Å². The first kappa shape index (κ1) is 11.3. The molecule has 5 nitrogen and oxygen atoms in total. The molecule has 0 aliphatic rings.